The highest BCUT2D eigenvalue weighted by Gasteiger charge is 2.18. The number of hydrogen-bond donors (Lipinski definition) is 2. The molecule has 3 aromatic rings. The summed E-state index contributed by atoms with van der Waals surface area (Å²) >= 11 is 0. The summed E-state index contributed by atoms with van der Waals surface area (Å²) in [4.78, 5) is 8.17. The number of nitrogen functional groups attached to an aromatic ring is 2. The summed E-state index contributed by atoms with van der Waals surface area (Å²) in [6.07, 6.45) is 2.12. The van der Waals surface area contributed by atoms with Crippen molar-refractivity contribution in [3.63, 3.8) is 0 Å². The van der Waals surface area contributed by atoms with Gasteiger partial charge in [0.15, 0.2) is 0 Å². The first-order valence-corrected chi connectivity index (χ1v) is 7.07. The summed E-state index contributed by atoms with van der Waals surface area (Å²) in [5.41, 5.74) is 14.0. The third-order valence-corrected chi connectivity index (χ3v) is 3.80. The summed E-state index contributed by atoms with van der Waals surface area (Å²) in [6.45, 7) is 0.590. The topological polar surface area (TPSA) is 116 Å². The van der Waals surface area contributed by atoms with Crippen LogP contribution in [0.3, 0.4) is 0 Å². The molecular formula is C16H16N6O. The molecule has 0 fully saturated rings. The van der Waals surface area contributed by atoms with Gasteiger partial charge in [-0.05, 0) is 24.1 Å². The van der Waals surface area contributed by atoms with Crippen LogP contribution in [0.25, 0.3) is 11.0 Å². The molecule has 0 saturated carbocycles. The van der Waals surface area contributed by atoms with E-state index in [2.05, 4.69) is 16.0 Å². The summed E-state index contributed by atoms with van der Waals surface area (Å²) in [6, 6.07) is 9.90. The molecule has 3 rings (SSSR count). The predicted octanol–water partition coefficient (Wildman–Crippen LogP) is 1.72. The van der Waals surface area contributed by atoms with Gasteiger partial charge in [0.05, 0.1) is 12.5 Å². The minimum absolute atomic E-state index is 0.265. The van der Waals surface area contributed by atoms with Crippen molar-refractivity contribution in [2.75, 3.05) is 18.6 Å². The van der Waals surface area contributed by atoms with Crippen molar-refractivity contribution in [2.45, 2.75) is 13.0 Å². The number of ether oxygens (including phenoxy) is 1. The normalized spacial score (nSPS) is 10.6. The van der Waals surface area contributed by atoms with Crippen molar-refractivity contribution >= 4 is 22.7 Å². The second kappa shape index (κ2) is 5.85. The van der Waals surface area contributed by atoms with Crippen LogP contribution in [-0.4, -0.2) is 21.6 Å². The second-order valence-electron chi connectivity index (χ2n) is 5.08. The van der Waals surface area contributed by atoms with Gasteiger partial charge in [-0.2, -0.15) is 5.26 Å². The number of benzene rings is 1. The number of nitrogens with two attached hydrogens (primary N) is 2. The molecule has 0 saturated heterocycles. The van der Waals surface area contributed by atoms with Crippen molar-refractivity contribution in [3.8, 4) is 11.8 Å². The quantitative estimate of drug-likeness (QED) is 0.758. The molecule has 0 unspecified atom stereocenters. The Morgan fingerprint density at radius 2 is 1.96 bits per heavy atom. The lowest BCUT2D eigenvalue weighted by molar-refractivity contribution is 0.414. The zero-order valence-corrected chi connectivity index (χ0v) is 12.7. The maximum Gasteiger partial charge on any atom is 0.148 e. The molecule has 4 N–H and O–H groups in total. The van der Waals surface area contributed by atoms with Gasteiger partial charge in [-0.15, -0.1) is 0 Å². The van der Waals surface area contributed by atoms with Crippen LogP contribution < -0.4 is 16.2 Å². The Kier molecular flexibility index (Phi) is 3.73. The molecule has 0 aliphatic heterocycles. The molecule has 0 radical (unpaired) electrons. The summed E-state index contributed by atoms with van der Waals surface area (Å²) in [5.74, 6) is 1.44. The van der Waals surface area contributed by atoms with Crippen LogP contribution in [0.5, 0.6) is 5.75 Å². The first-order chi connectivity index (χ1) is 11.2. The van der Waals surface area contributed by atoms with Crippen LogP contribution in [0.15, 0.2) is 30.6 Å². The van der Waals surface area contributed by atoms with E-state index >= 15 is 0 Å². The number of hydrogen-bond acceptors (Lipinski definition) is 6. The number of aromatic nitrogens is 3. The van der Waals surface area contributed by atoms with Gasteiger partial charge in [-0.25, -0.2) is 9.97 Å². The van der Waals surface area contributed by atoms with Gasteiger partial charge < -0.3 is 20.8 Å². The first-order valence-electron chi connectivity index (χ1n) is 7.07. The molecule has 2 aromatic heterocycles. The molecule has 0 aliphatic carbocycles. The van der Waals surface area contributed by atoms with Crippen LogP contribution >= 0.6 is 0 Å². The van der Waals surface area contributed by atoms with Crippen LogP contribution in [0, 0.1) is 11.3 Å². The molecular weight excluding hydrogens is 292 g/mol. The average molecular weight is 308 g/mol. The lowest BCUT2D eigenvalue weighted by Gasteiger charge is -2.08. The Labute approximate surface area is 133 Å². The number of aryl methyl sites for hydroxylation is 2. The monoisotopic (exact) mass is 308 g/mol. The number of rotatable bonds is 4. The van der Waals surface area contributed by atoms with Crippen LogP contribution in [-0.2, 0) is 13.0 Å². The van der Waals surface area contributed by atoms with E-state index < -0.39 is 0 Å². The average Bonchev–Trinajstić information content (AvgIpc) is 2.86. The minimum Gasteiger partial charge on any atom is -0.497 e. The SMILES string of the molecule is COc1ccc(CCn2c(N)c(C#N)c3c(N)ncnc32)cc1. The summed E-state index contributed by atoms with van der Waals surface area (Å²) in [5, 5.41) is 9.84. The molecule has 0 bridgehead atoms. The van der Waals surface area contributed by atoms with E-state index in [-0.39, 0.29) is 5.82 Å². The lowest BCUT2D eigenvalue weighted by atomic mass is 10.1. The Hall–Kier alpha value is -3.27. The van der Waals surface area contributed by atoms with Crippen LogP contribution in [0.1, 0.15) is 11.1 Å². The zero-order valence-electron chi connectivity index (χ0n) is 12.7. The largest absolute Gasteiger partial charge is 0.497 e. The van der Waals surface area contributed by atoms with Crippen molar-refractivity contribution in [3.05, 3.63) is 41.7 Å². The highest BCUT2D eigenvalue weighted by molar-refractivity contribution is 5.96. The molecule has 2 heterocycles. The first kappa shape index (κ1) is 14.7. The van der Waals surface area contributed by atoms with Gasteiger partial charge in [0.2, 0.25) is 0 Å². The highest BCUT2D eigenvalue weighted by atomic mass is 16.5. The standard InChI is InChI=1S/C16H16N6O/c1-23-11-4-2-10(3-5-11)6-7-22-15(19)12(8-17)13-14(18)20-9-21-16(13)22/h2-5,9H,6-7,19H2,1H3,(H2,18,20,21). The number of fused-ring (bicyclic) bond motifs is 1. The van der Waals surface area contributed by atoms with Crippen LogP contribution in [0.2, 0.25) is 0 Å². The fraction of sp³-hybridized carbons (Fsp3) is 0.188. The molecule has 7 heteroatoms. The maximum absolute atomic E-state index is 9.33. The van der Waals surface area contributed by atoms with E-state index in [1.807, 2.05) is 24.3 Å². The van der Waals surface area contributed by atoms with Gasteiger partial charge in [-0.1, -0.05) is 12.1 Å². The maximum atomic E-state index is 9.33. The van der Waals surface area contributed by atoms with E-state index in [4.69, 9.17) is 16.2 Å². The van der Waals surface area contributed by atoms with Gasteiger partial charge in [0, 0.05) is 6.54 Å². The molecule has 7 nitrogen and oxygen atoms in total. The van der Waals surface area contributed by atoms with Gasteiger partial charge in [0.1, 0.15) is 41.0 Å². The number of nitrogens with zero attached hydrogens (tertiary/aromatic N) is 4. The van der Waals surface area contributed by atoms with E-state index in [1.165, 1.54) is 6.33 Å². The number of nitriles is 1. The number of anilines is 2. The third kappa shape index (κ3) is 2.51. The molecule has 1 aromatic carbocycles. The van der Waals surface area contributed by atoms with E-state index in [1.54, 1.807) is 11.7 Å². The van der Waals surface area contributed by atoms with Crippen molar-refractivity contribution in [1.29, 1.82) is 5.26 Å². The predicted molar refractivity (Wildman–Crippen MR) is 87.8 cm³/mol. The lowest BCUT2D eigenvalue weighted by Crippen LogP contribution is -2.06. The molecule has 23 heavy (non-hydrogen) atoms. The zero-order chi connectivity index (χ0) is 16.4. The number of methoxy groups -OCH3 is 1. The molecule has 0 aliphatic rings. The minimum atomic E-state index is 0.265. The molecule has 0 amide bonds. The van der Waals surface area contributed by atoms with E-state index in [9.17, 15) is 5.26 Å². The Bertz CT molecular complexity index is 892. The van der Waals surface area contributed by atoms with Crippen molar-refractivity contribution < 1.29 is 4.74 Å². The summed E-state index contributed by atoms with van der Waals surface area (Å²) in [7, 11) is 1.63. The Morgan fingerprint density at radius 3 is 2.61 bits per heavy atom. The Morgan fingerprint density at radius 1 is 1.22 bits per heavy atom. The van der Waals surface area contributed by atoms with Gasteiger partial charge >= 0.3 is 0 Å². The fourth-order valence-corrected chi connectivity index (χ4v) is 2.58. The summed E-state index contributed by atoms with van der Waals surface area (Å²) < 4.78 is 6.95. The van der Waals surface area contributed by atoms with Crippen LogP contribution in [0.4, 0.5) is 11.6 Å². The Balaban J connectivity index is 1.95. The fourth-order valence-electron chi connectivity index (χ4n) is 2.58. The molecule has 116 valence electrons. The van der Waals surface area contributed by atoms with Crippen molar-refractivity contribution in [1.82, 2.24) is 14.5 Å². The molecule has 0 atom stereocenters. The van der Waals surface area contributed by atoms with E-state index in [0.717, 1.165) is 17.7 Å². The van der Waals surface area contributed by atoms with E-state index in [0.29, 0.717) is 29.0 Å². The molecule has 0 spiro atoms. The highest BCUT2D eigenvalue weighted by Crippen LogP contribution is 2.29. The van der Waals surface area contributed by atoms with Crippen molar-refractivity contribution in [2.24, 2.45) is 0 Å². The van der Waals surface area contributed by atoms with Gasteiger partial charge in [0.25, 0.3) is 0 Å². The van der Waals surface area contributed by atoms with Gasteiger partial charge in [-0.3, -0.25) is 0 Å². The third-order valence-electron chi connectivity index (χ3n) is 3.80. The second-order valence-corrected chi connectivity index (χ2v) is 5.08. The smallest absolute Gasteiger partial charge is 0.148 e.